The van der Waals surface area contributed by atoms with E-state index in [0.717, 1.165) is 19.3 Å². The molecule has 0 spiro atoms. The Labute approximate surface area is 114 Å². The molecule has 2 rings (SSSR count). The molecule has 1 aliphatic carbocycles. The number of Topliss-reactive ketones (excluding diaryl/α,β-unsaturated/α-hetero) is 1. The Morgan fingerprint density at radius 3 is 2.79 bits per heavy atom. The number of benzene rings is 1. The van der Waals surface area contributed by atoms with Gasteiger partial charge < -0.3 is 0 Å². The van der Waals surface area contributed by atoms with Crippen LogP contribution >= 0.6 is 0 Å². The van der Waals surface area contributed by atoms with Crippen LogP contribution in [0.1, 0.15) is 43.5 Å². The predicted octanol–water partition coefficient (Wildman–Crippen LogP) is 2.36. The maximum atomic E-state index is 12.2. The molecular formula is C14H19NO3S. The quantitative estimate of drug-likeness (QED) is 0.814. The van der Waals surface area contributed by atoms with Gasteiger partial charge in [-0.15, -0.1) is 0 Å². The molecule has 1 aromatic carbocycles. The molecule has 2 atom stereocenters. The third-order valence-electron chi connectivity index (χ3n) is 3.44. The number of hydrogen-bond acceptors (Lipinski definition) is 3. The lowest BCUT2D eigenvalue weighted by Gasteiger charge is -2.07. The van der Waals surface area contributed by atoms with Gasteiger partial charge in [-0.05, 0) is 37.8 Å². The molecule has 1 N–H and O–H groups in total. The number of carbonyl (C=O) groups excluding carboxylic acids is 1. The molecular weight excluding hydrogens is 262 g/mol. The van der Waals surface area contributed by atoms with Gasteiger partial charge in [-0.25, -0.2) is 13.1 Å². The number of rotatable bonds is 6. The summed E-state index contributed by atoms with van der Waals surface area (Å²) in [6.45, 7) is 3.53. The Morgan fingerprint density at radius 1 is 1.42 bits per heavy atom. The van der Waals surface area contributed by atoms with Crippen molar-refractivity contribution in [1.82, 2.24) is 4.72 Å². The highest BCUT2D eigenvalue weighted by atomic mass is 32.2. The fraction of sp³-hybridized carbons (Fsp3) is 0.500. The third-order valence-corrected chi connectivity index (χ3v) is 4.93. The standard InChI is InChI=1S/C14H19NO3S/c1-3-5-12-9-14(12)15-19(17,18)13-7-4-6-11(8-13)10(2)16/h4,6-8,12,14-15H,3,5,9H2,1-2H3. The summed E-state index contributed by atoms with van der Waals surface area (Å²) in [7, 11) is -3.51. The van der Waals surface area contributed by atoms with Crippen LogP contribution in [0.2, 0.25) is 0 Å². The lowest BCUT2D eigenvalue weighted by molar-refractivity contribution is 0.101. The van der Waals surface area contributed by atoms with Gasteiger partial charge in [0.05, 0.1) is 4.90 Å². The summed E-state index contributed by atoms with van der Waals surface area (Å²) in [5.74, 6) is 0.336. The van der Waals surface area contributed by atoms with E-state index in [1.165, 1.54) is 19.1 Å². The molecule has 4 nitrogen and oxygen atoms in total. The molecule has 1 aromatic rings. The lowest BCUT2D eigenvalue weighted by atomic mass is 10.2. The van der Waals surface area contributed by atoms with Crippen molar-refractivity contribution >= 4 is 15.8 Å². The SMILES string of the molecule is CCCC1CC1NS(=O)(=O)c1cccc(C(C)=O)c1. The van der Waals surface area contributed by atoms with E-state index < -0.39 is 10.0 Å². The molecule has 19 heavy (non-hydrogen) atoms. The second kappa shape index (κ2) is 5.43. The average molecular weight is 281 g/mol. The zero-order valence-electron chi connectivity index (χ0n) is 11.2. The largest absolute Gasteiger partial charge is 0.295 e. The van der Waals surface area contributed by atoms with E-state index in [1.807, 2.05) is 0 Å². The summed E-state index contributed by atoms with van der Waals surface area (Å²) in [6, 6.07) is 6.24. The second-order valence-electron chi connectivity index (χ2n) is 5.10. The fourth-order valence-electron chi connectivity index (χ4n) is 2.23. The number of hydrogen-bond donors (Lipinski definition) is 1. The molecule has 104 valence electrons. The van der Waals surface area contributed by atoms with Crippen LogP contribution < -0.4 is 4.72 Å². The van der Waals surface area contributed by atoms with Crippen molar-refractivity contribution in [2.24, 2.45) is 5.92 Å². The maximum absolute atomic E-state index is 12.2. The van der Waals surface area contributed by atoms with Crippen LogP contribution in [0, 0.1) is 5.92 Å². The van der Waals surface area contributed by atoms with Crippen molar-refractivity contribution in [3.63, 3.8) is 0 Å². The zero-order chi connectivity index (χ0) is 14.0. The monoisotopic (exact) mass is 281 g/mol. The summed E-state index contributed by atoms with van der Waals surface area (Å²) in [5, 5.41) is 0. The van der Waals surface area contributed by atoms with Crippen molar-refractivity contribution in [2.75, 3.05) is 0 Å². The summed E-state index contributed by atoms with van der Waals surface area (Å²) < 4.78 is 27.1. The number of ketones is 1. The van der Waals surface area contributed by atoms with Crippen molar-refractivity contribution in [3.8, 4) is 0 Å². The van der Waals surface area contributed by atoms with E-state index in [9.17, 15) is 13.2 Å². The van der Waals surface area contributed by atoms with Crippen LogP contribution in [-0.4, -0.2) is 20.2 Å². The Kier molecular flexibility index (Phi) is 4.06. The Balaban J connectivity index is 2.12. The molecule has 1 fully saturated rings. The van der Waals surface area contributed by atoms with E-state index in [-0.39, 0.29) is 16.7 Å². The Hall–Kier alpha value is -1.20. The van der Waals surface area contributed by atoms with E-state index in [4.69, 9.17) is 0 Å². The Bertz CT molecular complexity index is 580. The minimum absolute atomic E-state index is 0.0611. The third kappa shape index (κ3) is 3.42. The minimum Gasteiger partial charge on any atom is -0.295 e. The van der Waals surface area contributed by atoms with Gasteiger partial charge in [0.15, 0.2) is 5.78 Å². The number of carbonyl (C=O) groups is 1. The maximum Gasteiger partial charge on any atom is 0.240 e. The second-order valence-corrected chi connectivity index (χ2v) is 6.81. The Morgan fingerprint density at radius 2 is 2.16 bits per heavy atom. The first-order chi connectivity index (χ1) is 8.94. The van der Waals surface area contributed by atoms with Crippen molar-refractivity contribution in [2.45, 2.75) is 44.0 Å². The molecule has 0 aliphatic heterocycles. The van der Waals surface area contributed by atoms with E-state index in [2.05, 4.69) is 11.6 Å². The van der Waals surface area contributed by atoms with Gasteiger partial charge in [0.2, 0.25) is 10.0 Å². The first kappa shape index (κ1) is 14.2. The highest BCUT2D eigenvalue weighted by molar-refractivity contribution is 7.89. The minimum atomic E-state index is -3.51. The van der Waals surface area contributed by atoms with Gasteiger partial charge in [-0.3, -0.25) is 4.79 Å². The topological polar surface area (TPSA) is 63.2 Å². The lowest BCUT2D eigenvalue weighted by Crippen LogP contribution is -2.27. The van der Waals surface area contributed by atoms with Crippen molar-refractivity contribution < 1.29 is 13.2 Å². The van der Waals surface area contributed by atoms with Crippen LogP contribution in [0.25, 0.3) is 0 Å². The van der Waals surface area contributed by atoms with Crippen LogP contribution in [0.5, 0.6) is 0 Å². The molecule has 0 bridgehead atoms. The molecule has 1 aliphatic rings. The normalized spacial score (nSPS) is 22.2. The molecule has 5 heteroatoms. The fourth-order valence-corrected chi connectivity index (χ4v) is 3.59. The van der Waals surface area contributed by atoms with Crippen LogP contribution in [-0.2, 0) is 10.0 Å². The zero-order valence-corrected chi connectivity index (χ0v) is 12.0. The molecule has 0 radical (unpaired) electrons. The van der Waals surface area contributed by atoms with Gasteiger partial charge in [0, 0.05) is 11.6 Å². The predicted molar refractivity (Wildman–Crippen MR) is 73.6 cm³/mol. The average Bonchev–Trinajstić information content (AvgIpc) is 3.07. The van der Waals surface area contributed by atoms with E-state index >= 15 is 0 Å². The summed E-state index contributed by atoms with van der Waals surface area (Å²) in [6.07, 6.45) is 3.04. The smallest absolute Gasteiger partial charge is 0.240 e. The molecule has 2 unspecified atom stereocenters. The summed E-state index contributed by atoms with van der Waals surface area (Å²) in [5.41, 5.74) is 0.420. The van der Waals surface area contributed by atoms with Gasteiger partial charge in [0.25, 0.3) is 0 Å². The van der Waals surface area contributed by atoms with Crippen LogP contribution in [0.4, 0.5) is 0 Å². The van der Waals surface area contributed by atoms with E-state index in [0.29, 0.717) is 11.5 Å². The highest BCUT2D eigenvalue weighted by Gasteiger charge is 2.39. The molecule has 0 heterocycles. The van der Waals surface area contributed by atoms with Crippen LogP contribution in [0.3, 0.4) is 0 Å². The van der Waals surface area contributed by atoms with Crippen molar-refractivity contribution in [3.05, 3.63) is 29.8 Å². The van der Waals surface area contributed by atoms with Gasteiger partial charge in [0.1, 0.15) is 0 Å². The van der Waals surface area contributed by atoms with Gasteiger partial charge >= 0.3 is 0 Å². The highest BCUT2D eigenvalue weighted by Crippen LogP contribution is 2.35. The summed E-state index contributed by atoms with van der Waals surface area (Å²) >= 11 is 0. The summed E-state index contributed by atoms with van der Waals surface area (Å²) in [4.78, 5) is 11.4. The molecule has 0 amide bonds. The molecule has 0 saturated heterocycles. The number of sulfonamides is 1. The first-order valence-corrected chi connectivity index (χ1v) is 8.05. The first-order valence-electron chi connectivity index (χ1n) is 6.57. The number of nitrogens with one attached hydrogen (secondary N) is 1. The molecule has 0 aromatic heterocycles. The van der Waals surface area contributed by atoms with Gasteiger partial charge in [-0.1, -0.05) is 25.5 Å². The van der Waals surface area contributed by atoms with Crippen molar-refractivity contribution in [1.29, 1.82) is 0 Å². The molecule has 1 saturated carbocycles. The van der Waals surface area contributed by atoms with Gasteiger partial charge in [-0.2, -0.15) is 0 Å². The van der Waals surface area contributed by atoms with E-state index in [1.54, 1.807) is 12.1 Å². The van der Waals surface area contributed by atoms with Crippen LogP contribution in [0.15, 0.2) is 29.2 Å².